The first-order valence-electron chi connectivity index (χ1n) is 7.85. The fraction of sp³-hybridized carbons (Fsp3) is 1.00. The Labute approximate surface area is 111 Å². The molecule has 2 aliphatic rings. The summed E-state index contributed by atoms with van der Waals surface area (Å²) in [5, 5.41) is 3.75. The molecule has 0 amide bonds. The summed E-state index contributed by atoms with van der Waals surface area (Å²) in [5.41, 5.74) is 0.359. The molecule has 1 N–H and O–H groups in total. The molecule has 106 valence electrons. The molecular formula is C15H29FN2. The summed E-state index contributed by atoms with van der Waals surface area (Å²) in [6, 6.07) is 0.627. The van der Waals surface area contributed by atoms with Gasteiger partial charge in [-0.2, -0.15) is 0 Å². The summed E-state index contributed by atoms with van der Waals surface area (Å²) in [5.74, 6) is 0. The zero-order chi connectivity index (χ0) is 12.8. The van der Waals surface area contributed by atoms with E-state index in [4.69, 9.17) is 0 Å². The number of nitrogens with zero attached hydrogens (tertiary/aromatic N) is 1. The van der Waals surface area contributed by atoms with Crippen LogP contribution >= 0.6 is 0 Å². The summed E-state index contributed by atoms with van der Waals surface area (Å²) in [6.07, 6.45) is 9.91. The Morgan fingerprint density at radius 2 is 2.06 bits per heavy atom. The van der Waals surface area contributed by atoms with Gasteiger partial charge in [0.2, 0.25) is 0 Å². The molecule has 2 nitrogen and oxygen atoms in total. The molecule has 1 atom stereocenters. The Balaban J connectivity index is 1.98. The Morgan fingerprint density at radius 3 is 2.72 bits per heavy atom. The lowest BCUT2D eigenvalue weighted by molar-refractivity contribution is 0.00661. The van der Waals surface area contributed by atoms with Gasteiger partial charge in [-0.15, -0.1) is 0 Å². The number of hydrogen-bond acceptors (Lipinski definition) is 2. The number of hydrogen-bond donors (Lipinski definition) is 1. The summed E-state index contributed by atoms with van der Waals surface area (Å²) in [6.45, 7) is 5.30. The molecule has 1 saturated heterocycles. The average Bonchev–Trinajstić information content (AvgIpc) is 2.41. The van der Waals surface area contributed by atoms with Crippen LogP contribution in [0.5, 0.6) is 0 Å². The zero-order valence-corrected chi connectivity index (χ0v) is 11.9. The molecule has 0 aromatic carbocycles. The van der Waals surface area contributed by atoms with Gasteiger partial charge >= 0.3 is 0 Å². The number of rotatable bonds is 5. The summed E-state index contributed by atoms with van der Waals surface area (Å²) in [7, 11) is 0. The van der Waals surface area contributed by atoms with Crippen molar-refractivity contribution in [2.45, 2.75) is 69.9 Å². The number of piperazine rings is 1. The van der Waals surface area contributed by atoms with Crippen molar-refractivity contribution in [3.05, 3.63) is 0 Å². The Morgan fingerprint density at radius 1 is 1.28 bits per heavy atom. The molecule has 1 unspecified atom stereocenters. The van der Waals surface area contributed by atoms with Crippen LogP contribution in [0.1, 0.15) is 58.3 Å². The molecule has 1 saturated carbocycles. The highest BCUT2D eigenvalue weighted by Crippen LogP contribution is 2.35. The quantitative estimate of drug-likeness (QED) is 0.813. The predicted molar refractivity (Wildman–Crippen MR) is 74.7 cm³/mol. The van der Waals surface area contributed by atoms with Crippen LogP contribution in [0.3, 0.4) is 0 Å². The van der Waals surface area contributed by atoms with E-state index >= 15 is 0 Å². The number of alkyl halides is 1. The first-order chi connectivity index (χ1) is 8.80. The van der Waals surface area contributed by atoms with Crippen molar-refractivity contribution in [2.75, 3.05) is 26.3 Å². The summed E-state index contributed by atoms with van der Waals surface area (Å²) < 4.78 is 12.5. The molecule has 2 rings (SSSR count). The lowest BCUT2D eigenvalue weighted by Gasteiger charge is -2.52. The minimum absolute atomic E-state index is 0.168. The third-order valence-electron chi connectivity index (χ3n) is 4.81. The van der Waals surface area contributed by atoms with E-state index in [1.165, 1.54) is 44.9 Å². The van der Waals surface area contributed by atoms with E-state index in [0.717, 1.165) is 19.6 Å². The van der Waals surface area contributed by atoms with E-state index in [0.29, 0.717) is 18.0 Å². The number of nitrogens with one attached hydrogen (secondary N) is 1. The number of halogens is 1. The van der Waals surface area contributed by atoms with Gasteiger partial charge in [-0.1, -0.05) is 32.6 Å². The van der Waals surface area contributed by atoms with Crippen molar-refractivity contribution in [2.24, 2.45) is 0 Å². The normalized spacial score (nSPS) is 28.7. The van der Waals surface area contributed by atoms with Crippen molar-refractivity contribution in [3.63, 3.8) is 0 Å². The van der Waals surface area contributed by atoms with Crippen molar-refractivity contribution in [1.29, 1.82) is 0 Å². The fourth-order valence-corrected chi connectivity index (χ4v) is 3.79. The third-order valence-corrected chi connectivity index (χ3v) is 4.81. The summed E-state index contributed by atoms with van der Waals surface area (Å²) >= 11 is 0. The van der Waals surface area contributed by atoms with Gasteiger partial charge in [0, 0.05) is 31.2 Å². The highest BCUT2D eigenvalue weighted by atomic mass is 19.1. The maximum Gasteiger partial charge on any atom is 0.0906 e. The molecule has 1 aliphatic heterocycles. The summed E-state index contributed by atoms with van der Waals surface area (Å²) in [4.78, 5) is 2.63. The average molecular weight is 256 g/mol. The van der Waals surface area contributed by atoms with Crippen LogP contribution in [0.25, 0.3) is 0 Å². The van der Waals surface area contributed by atoms with Crippen molar-refractivity contribution >= 4 is 0 Å². The maximum atomic E-state index is 12.5. The molecule has 0 radical (unpaired) electrons. The van der Waals surface area contributed by atoms with Crippen LogP contribution in [-0.4, -0.2) is 42.8 Å². The second-order valence-electron chi connectivity index (χ2n) is 6.14. The smallest absolute Gasteiger partial charge is 0.0906 e. The molecule has 18 heavy (non-hydrogen) atoms. The van der Waals surface area contributed by atoms with Gasteiger partial charge in [0.25, 0.3) is 0 Å². The maximum absolute atomic E-state index is 12.5. The lowest BCUT2D eigenvalue weighted by atomic mass is 9.78. The van der Waals surface area contributed by atoms with Gasteiger partial charge in [0.1, 0.15) is 0 Å². The van der Waals surface area contributed by atoms with Gasteiger partial charge in [-0.05, 0) is 25.7 Å². The topological polar surface area (TPSA) is 15.3 Å². The van der Waals surface area contributed by atoms with Gasteiger partial charge < -0.3 is 5.32 Å². The van der Waals surface area contributed by atoms with E-state index in [1.807, 2.05) is 0 Å². The molecule has 1 spiro atoms. The fourth-order valence-electron chi connectivity index (χ4n) is 3.79. The highest BCUT2D eigenvalue weighted by molar-refractivity contribution is 5.00. The van der Waals surface area contributed by atoms with Gasteiger partial charge in [0.15, 0.2) is 0 Å². The first kappa shape index (κ1) is 14.3. The van der Waals surface area contributed by atoms with E-state index in [9.17, 15) is 4.39 Å². The Kier molecular flexibility index (Phi) is 5.43. The molecular weight excluding hydrogens is 227 g/mol. The minimum Gasteiger partial charge on any atom is -0.311 e. The van der Waals surface area contributed by atoms with Gasteiger partial charge in [-0.25, -0.2) is 0 Å². The second-order valence-corrected chi connectivity index (χ2v) is 6.14. The van der Waals surface area contributed by atoms with Crippen molar-refractivity contribution in [1.82, 2.24) is 10.2 Å². The van der Waals surface area contributed by atoms with Crippen LogP contribution in [0, 0.1) is 0 Å². The molecule has 3 heteroatoms. The monoisotopic (exact) mass is 256 g/mol. The molecule has 1 aliphatic carbocycles. The van der Waals surface area contributed by atoms with Crippen molar-refractivity contribution < 1.29 is 4.39 Å². The van der Waals surface area contributed by atoms with Crippen LogP contribution in [0.15, 0.2) is 0 Å². The molecule has 1 heterocycles. The van der Waals surface area contributed by atoms with Crippen LogP contribution in [-0.2, 0) is 0 Å². The van der Waals surface area contributed by atoms with E-state index in [-0.39, 0.29) is 6.67 Å². The standard InChI is InChI=1S/C15H29FN2/c1-2-7-14-12-18(11-6-10-16)15(13-17-14)8-4-3-5-9-15/h14,17H,2-13H2,1H3. The third kappa shape index (κ3) is 3.24. The van der Waals surface area contributed by atoms with Crippen LogP contribution in [0.4, 0.5) is 4.39 Å². The Bertz CT molecular complexity index is 239. The molecule has 0 aromatic heterocycles. The zero-order valence-electron chi connectivity index (χ0n) is 11.9. The SMILES string of the molecule is CCCC1CN(CCCF)C2(CCCCC2)CN1. The minimum atomic E-state index is -0.168. The first-order valence-corrected chi connectivity index (χ1v) is 7.85. The Hall–Kier alpha value is -0.150. The largest absolute Gasteiger partial charge is 0.311 e. The van der Waals surface area contributed by atoms with Gasteiger partial charge in [0.05, 0.1) is 6.67 Å². The van der Waals surface area contributed by atoms with E-state index < -0.39 is 0 Å². The van der Waals surface area contributed by atoms with Crippen molar-refractivity contribution in [3.8, 4) is 0 Å². The van der Waals surface area contributed by atoms with Crippen LogP contribution in [0.2, 0.25) is 0 Å². The molecule has 0 aromatic rings. The lowest BCUT2D eigenvalue weighted by Crippen LogP contribution is -2.65. The highest BCUT2D eigenvalue weighted by Gasteiger charge is 2.41. The predicted octanol–water partition coefficient (Wildman–Crippen LogP) is 3.12. The van der Waals surface area contributed by atoms with Gasteiger partial charge in [-0.3, -0.25) is 9.29 Å². The molecule has 0 bridgehead atoms. The van der Waals surface area contributed by atoms with E-state index in [2.05, 4.69) is 17.1 Å². The second kappa shape index (κ2) is 6.85. The van der Waals surface area contributed by atoms with Crippen LogP contribution < -0.4 is 5.32 Å². The van der Waals surface area contributed by atoms with E-state index in [1.54, 1.807) is 0 Å². The molecule has 2 fully saturated rings.